The third kappa shape index (κ3) is 5.26. The molecule has 1 aliphatic heterocycles. The van der Waals surface area contributed by atoms with Gasteiger partial charge in [0.05, 0.1) is 11.4 Å². The van der Waals surface area contributed by atoms with Crippen molar-refractivity contribution in [2.24, 2.45) is 4.99 Å². The van der Waals surface area contributed by atoms with Crippen molar-refractivity contribution in [2.75, 3.05) is 10.6 Å². The van der Waals surface area contributed by atoms with E-state index in [2.05, 4.69) is 38.5 Å². The van der Waals surface area contributed by atoms with E-state index in [1.165, 1.54) is 0 Å². The normalized spacial score (nSPS) is 17.2. The number of carbonyl (C=O) groups is 2. The van der Waals surface area contributed by atoms with Gasteiger partial charge >= 0.3 is 6.03 Å². The van der Waals surface area contributed by atoms with Crippen LogP contribution in [0, 0.1) is 3.57 Å². The first-order chi connectivity index (χ1) is 16.5. The number of aliphatic imine (C=N–C) groups is 1. The lowest BCUT2D eigenvalue weighted by Crippen LogP contribution is -2.30. The zero-order chi connectivity index (χ0) is 23.7. The van der Waals surface area contributed by atoms with Crippen molar-refractivity contribution in [1.82, 2.24) is 5.32 Å². The van der Waals surface area contributed by atoms with Crippen molar-refractivity contribution in [2.45, 2.75) is 31.3 Å². The zero-order valence-electron chi connectivity index (χ0n) is 18.1. The van der Waals surface area contributed by atoms with Gasteiger partial charge in [0.25, 0.3) is 0 Å². The second-order valence-corrected chi connectivity index (χ2v) is 10.0. The van der Waals surface area contributed by atoms with Gasteiger partial charge in [-0.3, -0.25) is 9.79 Å². The van der Waals surface area contributed by atoms with E-state index < -0.39 is 6.04 Å². The largest absolute Gasteiger partial charge is 0.335 e. The number of nitrogens with zero attached hydrogens (tertiary/aromatic N) is 1. The lowest BCUT2D eigenvalue weighted by molar-refractivity contribution is -0.117. The molecule has 5 rings (SSSR count). The van der Waals surface area contributed by atoms with Crippen molar-refractivity contribution in [3.63, 3.8) is 0 Å². The molecule has 0 aromatic heterocycles. The van der Waals surface area contributed by atoms with Gasteiger partial charge < -0.3 is 16.0 Å². The topological polar surface area (TPSA) is 82.6 Å². The molecule has 1 heterocycles. The fourth-order valence-electron chi connectivity index (χ4n) is 3.85. The number of anilines is 2. The van der Waals surface area contributed by atoms with Gasteiger partial charge in [0.15, 0.2) is 0 Å². The van der Waals surface area contributed by atoms with Crippen molar-refractivity contribution < 1.29 is 9.59 Å². The number of carbonyl (C=O) groups excluding carboxylic acids is 2. The van der Waals surface area contributed by atoms with Crippen LogP contribution in [0.1, 0.15) is 29.5 Å². The van der Waals surface area contributed by atoms with Crippen LogP contribution < -0.4 is 16.0 Å². The molecular formula is C26H22ClIN4O2. The Bertz CT molecular complexity index is 1290. The predicted octanol–water partition coefficient (Wildman–Crippen LogP) is 5.63. The number of rotatable bonds is 5. The summed E-state index contributed by atoms with van der Waals surface area (Å²) in [6.45, 7) is 0. The molecule has 1 aliphatic carbocycles. The number of amides is 3. The summed E-state index contributed by atoms with van der Waals surface area (Å²) in [6.07, 6.45) is 2.55. The highest BCUT2D eigenvalue weighted by molar-refractivity contribution is 14.1. The summed E-state index contributed by atoms with van der Waals surface area (Å²) in [7, 11) is 0. The summed E-state index contributed by atoms with van der Waals surface area (Å²) < 4.78 is 1.09. The molecule has 34 heavy (non-hydrogen) atoms. The number of fused-ring (bicyclic) bond motifs is 1. The summed E-state index contributed by atoms with van der Waals surface area (Å²) in [6, 6.07) is 20.3. The van der Waals surface area contributed by atoms with Gasteiger partial charge in [0.1, 0.15) is 6.04 Å². The molecule has 3 N–H and O–H groups in total. The summed E-state index contributed by atoms with van der Waals surface area (Å²) >= 11 is 8.59. The monoisotopic (exact) mass is 584 g/mol. The Morgan fingerprint density at radius 1 is 1.09 bits per heavy atom. The Hall–Kier alpha value is -2.91. The maximum atomic E-state index is 13.1. The summed E-state index contributed by atoms with van der Waals surface area (Å²) in [5.41, 5.74) is 4.70. The number of benzene rings is 3. The van der Waals surface area contributed by atoms with Gasteiger partial charge in [-0.25, -0.2) is 4.79 Å². The summed E-state index contributed by atoms with van der Waals surface area (Å²) in [4.78, 5) is 30.1. The molecule has 3 amide bonds. The average molecular weight is 585 g/mol. The molecule has 0 spiro atoms. The number of hydrogen-bond acceptors (Lipinski definition) is 3. The Kier molecular flexibility index (Phi) is 6.56. The van der Waals surface area contributed by atoms with Crippen LogP contribution in [0.2, 0.25) is 5.02 Å². The Balaban J connectivity index is 1.48. The zero-order valence-corrected chi connectivity index (χ0v) is 21.1. The molecule has 1 fully saturated rings. The minimum atomic E-state index is -0.598. The summed E-state index contributed by atoms with van der Waals surface area (Å²) in [5.74, 6) is -0.159. The fourth-order valence-corrected chi connectivity index (χ4v) is 4.63. The number of benzodiazepines with no additional fused rings is 1. The highest BCUT2D eigenvalue weighted by Crippen LogP contribution is 2.29. The Morgan fingerprint density at radius 3 is 2.59 bits per heavy atom. The molecule has 3 aromatic rings. The molecule has 1 saturated carbocycles. The van der Waals surface area contributed by atoms with E-state index in [0.717, 1.165) is 33.1 Å². The van der Waals surface area contributed by atoms with Gasteiger partial charge in [0.2, 0.25) is 5.91 Å². The second-order valence-electron chi connectivity index (χ2n) is 8.42. The number of urea groups is 1. The van der Waals surface area contributed by atoms with Gasteiger partial charge in [-0.2, -0.15) is 0 Å². The molecule has 8 heteroatoms. The molecule has 0 radical (unpaired) electrons. The van der Waals surface area contributed by atoms with Crippen LogP contribution >= 0.6 is 34.2 Å². The first-order valence-electron chi connectivity index (χ1n) is 11.1. The molecule has 1 atom stereocenters. The summed E-state index contributed by atoms with van der Waals surface area (Å²) in [5, 5.41) is 9.35. The van der Waals surface area contributed by atoms with Gasteiger partial charge in [-0.05, 0) is 77.4 Å². The maximum Gasteiger partial charge on any atom is 0.319 e. The minimum absolute atomic E-state index is 0.159. The van der Waals surface area contributed by atoms with Crippen molar-refractivity contribution >= 4 is 63.2 Å². The van der Waals surface area contributed by atoms with Crippen molar-refractivity contribution in [1.29, 1.82) is 0 Å². The van der Waals surface area contributed by atoms with Crippen LogP contribution in [0.4, 0.5) is 16.2 Å². The molecular weight excluding hydrogens is 563 g/mol. The van der Waals surface area contributed by atoms with Crippen LogP contribution in [0.25, 0.3) is 0 Å². The van der Waals surface area contributed by atoms with Crippen LogP contribution in [0.5, 0.6) is 0 Å². The smallest absolute Gasteiger partial charge is 0.319 e. The van der Waals surface area contributed by atoms with E-state index in [1.807, 2.05) is 54.6 Å². The van der Waals surface area contributed by atoms with E-state index in [0.29, 0.717) is 28.5 Å². The SMILES string of the molecule is O=C(Nc1ccc(C2=NC(Cc3ccccc3I)C(=O)Nc3ccc(Cl)cc32)cc1)NC1CC1. The standard InChI is InChI=1S/C26H22ClIN4O2/c27-17-7-12-22-20(14-17)24(15-5-8-18(9-6-15)29-26(34)30-19-10-11-19)31-23(25(33)32-22)13-16-3-1-2-4-21(16)28/h1-9,12,14,19,23H,10-11,13H2,(H,32,33)(H2,29,30,34). The number of halogens is 2. The molecule has 1 unspecified atom stereocenters. The lowest BCUT2D eigenvalue weighted by atomic mass is 10.00. The van der Waals surface area contributed by atoms with Gasteiger partial charge in [-0.1, -0.05) is 41.9 Å². The molecule has 172 valence electrons. The number of hydrogen-bond donors (Lipinski definition) is 3. The van der Waals surface area contributed by atoms with Gasteiger partial charge in [-0.15, -0.1) is 0 Å². The Labute approximate surface area is 216 Å². The predicted molar refractivity (Wildman–Crippen MR) is 144 cm³/mol. The van der Waals surface area contributed by atoms with E-state index >= 15 is 0 Å². The van der Waals surface area contributed by atoms with Crippen LogP contribution in [-0.2, 0) is 11.2 Å². The minimum Gasteiger partial charge on any atom is -0.335 e. The first-order valence-corrected chi connectivity index (χ1v) is 12.5. The van der Waals surface area contributed by atoms with Crippen LogP contribution in [0.3, 0.4) is 0 Å². The molecule has 6 nitrogen and oxygen atoms in total. The molecule has 2 aliphatic rings. The van der Waals surface area contributed by atoms with E-state index in [4.69, 9.17) is 16.6 Å². The van der Waals surface area contributed by atoms with Crippen LogP contribution in [-0.4, -0.2) is 29.7 Å². The highest BCUT2D eigenvalue weighted by atomic mass is 127. The van der Waals surface area contributed by atoms with E-state index in [9.17, 15) is 9.59 Å². The number of nitrogens with one attached hydrogen (secondary N) is 3. The second kappa shape index (κ2) is 9.76. The first kappa shape index (κ1) is 22.9. The fraction of sp³-hybridized carbons (Fsp3) is 0.192. The van der Waals surface area contributed by atoms with E-state index in [-0.39, 0.29) is 18.0 Å². The third-order valence-electron chi connectivity index (χ3n) is 5.78. The molecule has 0 saturated heterocycles. The van der Waals surface area contributed by atoms with Crippen molar-refractivity contribution in [3.05, 3.63) is 92.0 Å². The average Bonchev–Trinajstić information content (AvgIpc) is 3.64. The van der Waals surface area contributed by atoms with E-state index in [1.54, 1.807) is 12.1 Å². The molecule has 3 aromatic carbocycles. The van der Waals surface area contributed by atoms with Crippen molar-refractivity contribution in [3.8, 4) is 0 Å². The highest BCUT2D eigenvalue weighted by Gasteiger charge is 2.27. The molecule has 0 bridgehead atoms. The quantitative estimate of drug-likeness (QED) is 0.340. The third-order valence-corrected chi connectivity index (χ3v) is 7.07. The lowest BCUT2D eigenvalue weighted by Gasteiger charge is -2.13. The Morgan fingerprint density at radius 2 is 1.85 bits per heavy atom. The van der Waals surface area contributed by atoms with Gasteiger partial charge in [0, 0.05) is 37.9 Å². The maximum absolute atomic E-state index is 13.1. The van der Waals surface area contributed by atoms with Crippen LogP contribution in [0.15, 0.2) is 71.7 Å².